The van der Waals surface area contributed by atoms with Gasteiger partial charge >= 0.3 is 0 Å². The highest BCUT2D eigenvalue weighted by molar-refractivity contribution is 7.91. The monoisotopic (exact) mass is 562 g/mol. The van der Waals surface area contributed by atoms with Crippen molar-refractivity contribution in [1.29, 1.82) is 0 Å². The molecule has 0 amide bonds. The molecule has 0 spiro atoms. The van der Waals surface area contributed by atoms with E-state index in [-0.39, 0.29) is 6.10 Å². The predicted molar refractivity (Wildman–Crippen MR) is 167 cm³/mol. The second-order valence-corrected chi connectivity index (χ2v) is 14.0. The molecule has 6 nitrogen and oxygen atoms in total. The highest BCUT2D eigenvalue weighted by Gasteiger charge is 2.41. The quantitative estimate of drug-likeness (QED) is 0.275. The number of rotatable bonds is 11. The molecule has 3 aromatic carbocycles. The first-order chi connectivity index (χ1) is 18.9. The topological polar surface area (TPSA) is 74.5 Å². The number of nitrogens with two attached hydrogens (primary N) is 1. The van der Waals surface area contributed by atoms with Gasteiger partial charge in [0.15, 0.2) is 6.23 Å². The van der Waals surface area contributed by atoms with Gasteiger partial charge < -0.3 is 14.5 Å². The van der Waals surface area contributed by atoms with Crippen LogP contribution >= 0.6 is 0 Å². The second-order valence-electron chi connectivity index (χ2n) is 12.2. The Balaban J connectivity index is 1.62. The highest BCUT2D eigenvalue weighted by atomic mass is 32.2. The third-order valence-electron chi connectivity index (χ3n) is 7.36. The molecule has 0 radical (unpaired) electrons. The fraction of sp³-hybridized carbons (Fsp3) is 0.455. The van der Waals surface area contributed by atoms with Crippen molar-refractivity contribution in [2.45, 2.75) is 76.3 Å². The molecule has 40 heavy (non-hydrogen) atoms. The lowest BCUT2D eigenvalue weighted by atomic mass is 9.83. The number of hydrogen-bond donors (Lipinski definition) is 1. The molecular weight excluding hydrogens is 516 g/mol. The van der Waals surface area contributed by atoms with Crippen molar-refractivity contribution in [3.63, 3.8) is 0 Å². The van der Waals surface area contributed by atoms with Crippen LogP contribution in [0.15, 0.2) is 69.9 Å². The second kappa shape index (κ2) is 12.5. The molecule has 0 bridgehead atoms. The summed E-state index contributed by atoms with van der Waals surface area (Å²) in [5.74, 6) is 0.698. The summed E-state index contributed by atoms with van der Waals surface area (Å²) in [6, 6.07) is 21.0. The summed E-state index contributed by atoms with van der Waals surface area (Å²) in [5, 5.41) is 6.24. The Labute approximate surface area is 241 Å². The van der Waals surface area contributed by atoms with Gasteiger partial charge in [-0.3, -0.25) is 0 Å². The largest absolute Gasteiger partial charge is 0.345 e. The molecule has 216 valence electrons. The fourth-order valence-electron chi connectivity index (χ4n) is 5.37. The van der Waals surface area contributed by atoms with E-state index in [9.17, 15) is 4.21 Å². The van der Waals surface area contributed by atoms with E-state index in [0.29, 0.717) is 16.7 Å². The van der Waals surface area contributed by atoms with Gasteiger partial charge in [0.1, 0.15) is 16.0 Å². The average molecular weight is 563 g/mol. The van der Waals surface area contributed by atoms with E-state index in [2.05, 4.69) is 92.4 Å². The van der Waals surface area contributed by atoms with Gasteiger partial charge in [-0.2, -0.15) is 4.36 Å². The molecule has 1 saturated heterocycles. The summed E-state index contributed by atoms with van der Waals surface area (Å²) in [7, 11) is 5.21. The summed E-state index contributed by atoms with van der Waals surface area (Å²) >= 11 is 0. The van der Waals surface area contributed by atoms with Crippen LogP contribution in [0.25, 0.3) is 11.1 Å². The molecule has 7 heteroatoms. The molecule has 4 rings (SSSR count). The lowest BCUT2D eigenvalue weighted by molar-refractivity contribution is 0.373. The maximum absolute atomic E-state index is 13.3. The van der Waals surface area contributed by atoms with Crippen LogP contribution in [-0.4, -0.2) is 54.5 Å². The Kier molecular flexibility index (Phi) is 9.53. The molecule has 0 aliphatic carbocycles. The van der Waals surface area contributed by atoms with Gasteiger partial charge in [0, 0.05) is 19.5 Å². The first-order valence-corrected chi connectivity index (χ1v) is 15.8. The van der Waals surface area contributed by atoms with E-state index in [1.807, 2.05) is 38.4 Å². The first kappa shape index (κ1) is 30.4. The maximum atomic E-state index is 13.3. The van der Waals surface area contributed by atoms with Gasteiger partial charge in [-0.05, 0) is 91.1 Å². The molecule has 1 aliphatic heterocycles. The number of nitrogens with zero attached hydrogens (tertiary/aromatic N) is 3. The SMILES string of the molecule is CC(C)c1cc(-c2ccccc2CN(C)C)cc(C(C)C)c1CC1OC1N=S(N)(=O)c1ccc(CN(C)C)cc1. The van der Waals surface area contributed by atoms with Crippen LogP contribution in [-0.2, 0) is 34.2 Å². The Hall–Kier alpha value is -2.55. The standard InChI is InChI=1S/C33H46N4O2S/c1-22(2)29-17-26(28-12-10-9-11-25(28)21-37(7)8)18-30(23(3)4)31(29)19-32-33(39-32)35-40(34,38)27-15-13-24(14-16-27)20-36(5)6/h9-18,22-23,32-33H,19-21H2,1-8H3,(H2,34,35,38). The van der Waals surface area contributed by atoms with Crippen molar-refractivity contribution in [3.8, 4) is 11.1 Å². The molecular formula is C33H46N4O2S. The lowest BCUT2D eigenvalue weighted by Crippen LogP contribution is -2.15. The summed E-state index contributed by atoms with van der Waals surface area (Å²) < 4.78 is 23.8. The molecule has 2 N–H and O–H groups in total. The molecule has 3 aromatic rings. The van der Waals surface area contributed by atoms with Crippen molar-refractivity contribution in [2.75, 3.05) is 28.2 Å². The van der Waals surface area contributed by atoms with Crippen LogP contribution in [0, 0.1) is 0 Å². The zero-order chi connectivity index (χ0) is 29.2. The molecule has 1 fully saturated rings. The molecule has 3 atom stereocenters. The van der Waals surface area contributed by atoms with Crippen molar-refractivity contribution < 1.29 is 8.95 Å². The van der Waals surface area contributed by atoms with Crippen LogP contribution in [0.4, 0.5) is 0 Å². The Morgan fingerprint density at radius 2 is 1.45 bits per heavy atom. The average Bonchev–Trinajstić information content (AvgIpc) is 3.59. The minimum Gasteiger partial charge on any atom is -0.345 e. The number of epoxide rings is 1. The highest BCUT2D eigenvalue weighted by Crippen LogP contribution is 2.39. The van der Waals surface area contributed by atoms with Crippen molar-refractivity contribution >= 4 is 9.92 Å². The van der Waals surface area contributed by atoms with Crippen LogP contribution < -0.4 is 5.14 Å². The zero-order valence-corrected chi connectivity index (χ0v) is 26.2. The Bertz CT molecular complexity index is 1410. The van der Waals surface area contributed by atoms with Crippen molar-refractivity contribution in [1.82, 2.24) is 9.80 Å². The maximum Gasteiger partial charge on any atom is 0.185 e. The minimum atomic E-state index is -3.05. The third-order valence-corrected chi connectivity index (χ3v) is 8.83. The van der Waals surface area contributed by atoms with Gasteiger partial charge in [-0.25, -0.2) is 9.35 Å². The fourth-order valence-corrected chi connectivity index (χ4v) is 6.51. The lowest BCUT2D eigenvalue weighted by Gasteiger charge is -2.23. The van der Waals surface area contributed by atoms with E-state index >= 15 is 0 Å². The molecule has 0 saturated carbocycles. The van der Waals surface area contributed by atoms with Gasteiger partial charge in [0.05, 0.1) is 4.90 Å². The molecule has 0 aromatic heterocycles. The number of benzene rings is 3. The third kappa shape index (κ3) is 7.39. The van der Waals surface area contributed by atoms with E-state index in [1.165, 1.54) is 33.4 Å². The zero-order valence-electron chi connectivity index (χ0n) is 25.3. The van der Waals surface area contributed by atoms with E-state index < -0.39 is 16.1 Å². The first-order valence-electron chi connectivity index (χ1n) is 14.2. The smallest absolute Gasteiger partial charge is 0.185 e. The molecule has 1 aliphatic rings. The number of hydrogen-bond acceptors (Lipinski definition) is 5. The van der Waals surface area contributed by atoms with Gasteiger partial charge in [-0.1, -0.05) is 76.2 Å². The van der Waals surface area contributed by atoms with E-state index in [0.717, 1.165) is 25.1 Å². The number of ether oxygens (including phenoxy) is 1. The molecule has 3 unspecified atom stereocenters. The molecule has 1 heterocycles. The van der Waals surface area contributed by atoms with Crippen LogP contribution in [0.2, 0.25) is 0 Å². The normalized spacial score (nSPS) is 18.5. The van der Waals surface area contributed by atoms with Crippen LogP contribution in [0.3, 0.4) is 0 Å². The van der Waals surface area contributed by atoms with Crippen molar-refractivity contribution in [3.05, 3.63) is 88.5 Å². The minimum absolute atomic E-state index is 0.126. The summed E-state index contributed by atoms with van der Waals surface area (Å²) in [6.07, 6.45) is 0.144. The summed E-state index contributed by atoms with van der Waals surface area (Å²) in [5.41, 5.74) is 8.98. The van der Waals surface area contributed by atoms with Crippen LogP contribution in [0.5, 0.6) is 0 Å². The van der Waals surface area contributed by atoms with Gasteiger partial charge in [0.25, 0.3) is 0 Å². The van der Waals surface area contributed by atoms with Crippen molar-refractivity contribution in [2.24, 2.45) is 9.50 Å². The Morgan fingerprint density at radius 3 is 2.00 bits per heavy atom. The summed E-state index contributed by atoms with van der Waals surface area (Å²) in [4.78, 5) is 4.84. The Morgan fingerprint density at radius 1 is 0.875 bits per heavy atom. The summed E-state index contributed by atoms with van der Waals surface area (Å²) in [6.45, 7) is 10.7. The van der Waals surface area contributed by atoms with Gasteiger partial charge in [0.2, 0.25) is 0 Å². The van der Waals surface area contributed by atoms with E-state index in [4.69, 9.17) is 9.88 Å². The van der Waals surface area contributed by atoms with Gasteiger partial charge in [-0.15, -0.1) is 0 Å². The van der Waals surface area contributed by atoms with E-state index in [1.54, 1.807) is 0 Å². The predicted octanol–water partition coefficient (Wildman–Crippen LogP) is 6.39. The van der Waals surface area contributed by atoms with Crippen LogP contribution in [0.1, 0.15) is 67.3 Å².